The van der Waals surface area contributed by atoms with E-state index in [-0.39, 0.29) is 17.1 Å². The van der Waals surface area contributed by atoms with Crippen molar-refractivity contribution in [2.24, 2.45) is 0 Å². The molecular weight excluding hydrogens is 436 g/mol. The summed E-state index contributed by atoms with van der Waals surface area (Å²) >= 11 is 1.50. The van der Waals surface area contributed by atoms with Crippen LogP contribution in [0.1, 0.15) is 17.0 Å². The van der Waals surface area contributed by atoms with Crippen LogP contribution in [0.2, 0.25) is 0 Å². The standard InChI is InChI=1S/C21H20N4O6S/c1-13-10-15(14(2)24(13)21-22-8-9-32-21)4-7-20(27)31-12-19(26)23-17-6-5-16(30-3)11-18(17)25(28)29/h4-11H,12H2,1-3H3,(H,23,26)/b7-4+. The van der Waals surface area contributed by atoms with Crippen molar-refractivity contribution in [3.8, 4) is 10.9 Å². The number of aromatic nitrogens is 2. The molecule has 1 amide bonds. The van der Waals surface area contributed by atoms with Crippen molar-refractivity contribution in [1.82, 2.24) is 9.55 Å². The summed E-state index contributed by atoms with van der Waals surface area (Å²) in [7, 11) is 1.38. The van der Waals surface area contributed by atoms with Crippen LogP contribution in [0, 0.1) is 24.0 Å². The van der Waals surface area contributed by atoms with Crippen LogP contribution in [0.15, 0.2) is 41.9 Å². The number of rotatable bonds is 8. The summed E-state index contributed by atoms with van der Waals surface area (Å²) in [5, 5.41) is 16.3. The SMILES string of the molecule is COc1ccc(NC(=O)COC(=O)/C=C/c2cc(C)n(-c3nccs3)c2C)c([N+](=O)[O-])c1. The molecule has 0 spiro atoms. The van der Waals surface area contributed by atoms with Crippen LogP contribution in [0.5, 0.6) is 5.75 Å². The summed E-state index contributed by atoms with van der Waals surface area (Å²) in [6.45, 7) is 3.26. The topological polar surface area (TPSA) is 126 Å². The molecule has 0 saturated heterocycles. The van der Waals surface area contributed by atoms with Gasteiger partial charge in [-0.25, -0.2) is 9.78 Å². The molecule has 1 aromatic carbocycles. The van der Waals surface area contributed by atoms with Crippen molar-refractivity contribution in [3.05, 3.63) is 69.0 Å². The van der Waals surface area contributed by atoms with Crippen molar-refractivity contribution in [1.29, 1.82) is 0 Å². The highest BCUT2D eigenvalue weighted by Crippen LogP contribution is 2.29. The fraction of sp³-hybridized carbons (Fsp3) is 0.190. The average Bonchev–Trinajstić information content (AvgIpc) is 3.38. The van der Waals surface area contributed by atoms with E-state index in [9.17, 15) is 19.7 Å². The van der Waals surface area contributed by atoms with E-state index in [1.54, 1.807) is 12.3 Å². The van der Waals surface area contributed by atoms with Crippen molar-refractivity contribution >= 4 is 40.7 Å². The molecule has 0 saturated carbocycles. The Morgan fingerprint density at radius 2 is 2.09 bits per heavy atom. The number of carbonyl (C=O) groups excluding carboxylic acids is 2. The highest BCUT2D eigenvalue weighted by Gasteiger charge is 2.18. The van der Waals surface area contributed by atoms with E-state index in [1.807, 2.05) is 29.9 Å². The maximum atomic E-state index is 12.1. The Morgan fingerprint density at radius 1 is 1.31 bits per heavy atom. The summed E-state index contributed by atoms with van der Waals surface area (Å²) in [5.41, 5.74) is 2.33. The number of hydrogen-bond acceptors (Lipinski definition) is 8. The van der Waals surface area contributed by atoms with E-state index in [2.05, 4.69) is 10.3 Å². The number of thiazole rings is 1. The lowest BCUT2D eigenvalue weighted by Gasteiger charge is -2.07. The molecule has 0 aliphatic carbocycles. The minimum Gasteiger partial charge on any atom is -0.496 e. The second kappa shape index (κ2) is 9.88. The lowest BCUT2D eigenvalue weighted by atomic mass is 10.2. The number of esters is 1. The number of carbonyl (C=O) groups is 2. The summed E-state index contributed by atoms with van der Waals surface area (Å²) < 4.78 is 11.9. The summed E-state index contributed by atoms with van der Waals surface area (Å²) in [5.74, 6) is -1.15. The lowest BCUT2D eigenvalue weighted by molar-refractivity contribution is -0.384. The number of hydrogen-bond donors (Lipinski definition) is 1. The minimum absolute atomic E-state index is 0.0259. The van der Waals surface area contributed by atoms with Gasteiger partial charge in [0.2, 0.25) is 0 Å². The fourth-order valence-electron chi connectivity index (χ4n) is 3.00. The van der Waals surface area contributed by atoms with Gasteiger partial charge in [-0.2, -0.15) is 0 Å². The third-order valence-electron chi connectivity index (χ3n) is 4.50. The molecule has 1 N–H and O–H groups in total. The Kier molecular flexibility index (Phi) is 7.00. The zero-order chi connectivity index (χ0) is 23.3. The largest absolute Gasteiger partial charge is 0.496 e. The molecular formula is C21H20N4O6S. The normalized spacial score (nSPS) is 10.8. The number of aryl methyl sites for hydroxylation is 1. The first kappa shape index (κ1) is 22.7. The van der Waals surface area contributed by atoms with Gasteiger partial charge in [0.05, 0.1) is 18.1 Å². The molecule has 3 rings (SSSR count). The second-order valence-corrected chi connectivity index (χ2v) is 7.48. The van der Waals surface area contributed by atoms with Crippen LogP contribution >= 0.6 is 11.3 Å². The van der Waals surface area contributed by atoms with E-state index in [4.69, 9.17) is 9.47 Å². The summed E-state index contributed by atoms with van der Waals surface area (Å²) in [4.78, 5) is 39.0. The summed E-state index contributed by atoms with van der Waals surface area (Å²) in [6.07, 6.45) is 4.54. The highest BCUT2D eigenvalue weighted by atomic mass is 32.1. The number of nitro benzene ring substituents is 1. The van der Waals surface area contributed by atoms with Crippen molar-refractivity contribution in [2.75, 3.05) is 19.0 Å². The van der Waals surface area contributed by atoms with E-state index >= 15 is 0 Å². The summed E-state index contributed by atoms with van der Waals surface area (Å²) in [6, 6.07) is 5.91. The second-order valence-electron chi connectivity index (χ2n) is 6.61. The zero-order valence-electron chi connectivity index (χ0n) is 17.5. The van der Waals surface area contributed by atoms with Crippen molar-refractivity contribution in [2.45, 2.75) is 13.8 Å². The van der Waals surface area contributed by atoms with Crippen LogP contribution in [0.3, 0.4) is 0 Å². The molecule has 32 heavy (non-hydrogen) atoms. The zero-order valence-corrected chi connectivity index (χ0v) is 18.3. The molecule has 10 nitrogen and oxygen atoms in total. The number of nitrogens with zero attached hydrogens (tertiary/aromatic N) is 3. The van der Waals surface area contributed by atoms with Gasteiger partial charge in [0, 0.05) is 29.0 Å². The van der Waals surface area contributed by atoms with Gasteiger partial charge < -0.3 is 14.8 Å². The first-order valence-electron chi connectivity index (χ1n) is 9.36. The third kappa shape index (κ3) is 5.19. The Hall–Kier alpha value is -3.99. The first-order chi connectivity index (χ1) is 15.3. The fourth-order valence-corrected chi connectivity index (χ4v) is 3.75. The number of ether oxygens (including phenoxy) is 2. The Bertz CT molecular complexity index is 1180. The predicted molar refractivity (Wildman–Crippen MR) is 119 cm³/mol. The number of benzene rings is 1. The van der Waals surface area contributed by atoms with Gasteiger partial charge in [-0.1, -0.05) is 0 Å². The van der Waals surface area contributed by atoms with E-state index in [1.165, 1.54) is 42.7 Å². The van der Waals surface area contributed by atoms with Gasteiger partial charge in [0.15, 0.2) is 11.7 Å². The predicted octanol–water partition coefficient (Wildman–Crippen LogP) is 3.66. The minimum atomic E-state index is -0.719. The van der Waals surface area contributed by atoms with Gasteiger partial charge in [-0.05, 0) is 43.7 Å². The monoisotopic (exact) mass is 456 g/mol. The Balaban J connectivity index is 1.60. The molecule has 3 aromatic rings. The van der Waals surface area contributed by atoms with Gasteiger partial charge in [-0.15, -0.1) is 11.3 Å². The molecule has 0 bridgehead atoms. The number of methoxy groups -OCH3 is 1. The molecule has 166 valence electrons. The van der Waals surface area contributed by atoms with Crippen LogP contribution in [-0.4, -0.2) is 40.1 Å². The molecule has 2 aromatic heterocycles. The maximum Gasteiger partial charge on any atom is 0.331 e. The van der Waals surface area contributed by atoms with E-state index in [0.29, 0.717) is 0 Å². The number of amides is 1. The van der Waals surface area contributed by atoms with Crippen molar-refractivity contribution < 1.29 is 24.0 Å². The molecule has 0 fully saturated rings. The number of nitro groups is 1. The first-order valence-corrected chi connectivity index (χ1v) is 10.2. The van der Waals surface area contributed by atoms with Gasteiger partial charge in [0.25, 0.3) is 11.6 Å². The van der Waals surface area contributed by atoms with Crippen molar-refractivity contribution in [3.63, 3.8) is 0 Å². The molecule has 0 unspecified atom stereocenters. The average molecular weight is 456 g/mol. The lowest BCUT2D eigenvalue weighted by Crippen LogP contribution is -2.20. The van der Waals surface area contributed by atoms with Gasteiger partial charge in [-0.3, -0.25) is 19.5 Å². The quantitative estimate of drug-likeness (QED) is 0.237. The molecule has 0 aliphatic rings. The van der Waals surface area contributed by atoms with E-state index < -0.39 is 23.4 Å². The third-order valence-corrected chi connectivity index (χ3v) is 5.26. The number of anilines is 1. The van der Waals surface area contributed by atoms with E-state index in [0.717, 1.165) is 22.1 Å². The molecule has 0 atom stereocenters. The Morgan fingerprint density at radius 3 is 2.75 bits per heavy atom. The highest BCUT2D eigenvalue weighted by molar-refractivity contribution is 7.12. The maximum absolute atomic E-state index is 12.1. The van der Waals surface area contributed by atoms with Gasteiger partial charge >= 0.3 is 5.97 Å². The van der Waals surface area contributed by atoms with Crippen LogP contribution in [0.4, 0.5) is 11.4 Å². The molecule has 11 heteroatoms. The van der Waals surface area contributed by atoms with Crippen LogP contribution < -0.4 is 10.1 Å². The molecule has 0 radical (unpaired) electrons. The Labute approximate surface area is 187 Å². The molecule has 2 heterocycles. The molecule has 0 aliphatic heterocycles. The smallest absolute Gasteiger partial charge is 0.331 e. The van der Waals surface area contributed by atoms with Crippen LogP contribution in [0.25, 0.3) is 11.2 Å². The number of nitrogens with one attached hydrogen (secondary N) is 1. The van der Waals surface area contributed by atoms with Crippen LogP contribution in [-0.2, 0) is 14.3 Å². The van der Waals surface area contributed by atoms with Gasteiger partial charge in [0.1, 0.15) is 11.4 Å².